The van der Waals surface area contributed by atoms with Gasteiger partial charge in [0.1, 0.15) is 5.82 Å². The number of halogens is 1. The van der Waals surface area contributed by atoms with Gasteiger partial charge < -0.3 is 5.32 Å². The first kappa shape index (κ1) is 16.1. The Morgan fingerprint density at radius 1 is 1.32 bits per heavy atom. The molecule has 1 aromatic rings. The van der Waals surface area contributed by atoms with E-state index in [1.807, 2.05) is 6.92 Å². The highest BCUT2D eigenvalue weighted by molar-refractivity contribution is 7.91. The van der Waals surface area contributed by atoms with Gasteiger partial charge in [-0.2, -0.15) is 0 Å². The minimum absolute atomic E-state index is 0.271. The smallest absolute Gasteiger partial charge is 0.151 e. The van der Waals surface area contributed by atoms with Crippen LogP contribution in [0, 0.1) is 5.82 Å². The SMILES string of the molecule is CCCNC(Cc1ccccc1F)C(C)S(C)(=O)=O. The molecule has 1 rings (SSSR count). The molecule has 0 aliphatic carbocycles. The fourth-order valence-corrected chi connectivity index (χ4v) is 2.72. The lowest BCUT2D eigenvalue weighted by atomic mass is 10.0. The van der Waals surface area contributed by atoms with E-state index in [4.69, 9.17) is 0 Å². The number of hydrogen-bond donors (Lipinski definition) is 1. The van der Waals surface area contributed by atoms with E-state index in [-0.39, 0.29) is 11.9 Å². The standard InChI is InChI=1S/C14H22FNO2S/c1-4-9-16-14(11(2)19(3,17)18)10-12-7-5-6-8-13(12)15/h5-8,11,14,16H,4,9-10H2,1-3H3. The van der Waals surface area contributed by atoms with Crippen LogP contribution in [0.4, 0.5) is 4.39 Å². The van der Waals surface area contributed by atoms with Gasteiger partial charge in [0.25, 0.3) is 0 Å². The third-order valence-electron chi connectivity index (χ3n) is 3.30. The summed E-state index contributed by atoms with van der Waals surface area (Å²) in [6, 6.07) is 6.22. The second-order valence-electron chi connectivity index (χ2n) is 4.89. The molecule has 0 fully saturated rings. The summed E-state index contributed by atoms with van der Waals surface area (Å²) in [4.78, 5) is 0. The summed E-state index contributed by atoms with van der Waals surface area (Å²) in [5, 5.41) is 2.66. The zero-order valence-corrected chi connectivity index (χ0v) is 12.5. The highest BCUT2D eigenvalue weighted by atomic mass is 32.2. The Bertz CT molecular complexity index is 502. The summed E-state index contributed by atoms with van der Waals surface area (Å²) in [6.07, 6.45) is 2.50. The Morgan fingerprint density at radius 3 is 2.47 bits per heavy atom. The summed E-state index contributed by atoms with van der Waals surface area (Å²) in [6.45, 7) is 4.40. The van der Waals surface area contributed by atoms with Gasteiger partial charge in [0.2, 0.25) is 0 Å². The fourth-order valence-electron chi connectivity index (χ4n) is 1.93. The Morgan fingerprint density at radius 2 is 1.95 bits per heavy atom. The van der Waals surface area contributed by atoms with Crippen molar-refractivity contribution in [2.75, 3.05) is 12.8 Å². The number of rotatable bonds is 7. The van der Waals surface area contributed by atoms with Crippen molar-refractivity contribution in [2.45, 2.75) is 38.0 Å². The molecule has 0 saturated carbocycles. The average molecular weight is 287 g/mol. The molecule has 0 radical (unpaired) electrons. The van der Waals surface area contributed by atoms with Gasteiger partial charge in [-0.3, -0.25) is 0 Å². The maximum Gasteiger partial charge on any atom is 0.151 e. The second-order valence-corrected chi connectivity index (χ2v) is 7.29. The van der Waals surface area contributed by atoms with E-state index in [2.05, 4.69) is 5.32 Å². The summed E-state index contributed by atoms with van der Waals surface area (Å²) in [7, 11) is -3.15. The molecule has 1 aromatic carbocycles. The van der Waals surface area contributed by atoms with Gasteiger partial charge in [0.15, 0.2) is 9.84 Å². The molecule has 0 aliphatic rings. The molecule has 0 aromatic heterocycles. The molecule has 5 heteroatoms. The van der Waals surface area contributed by atoms with E-state index in [1.54, 1.807) is 25.1 Å². The molecule has 108 valence electrons. The lowest BCUT2D eigenvalue weighted by Crippen LogP contribution is -2.44. The van der Waals surface area contributed by atoms with E-state index in [9.17, 15) is 12.8 Å². The van der Waals surface area contributed by atoms with E-state index in [0.717, 1.165) is 13.0 Å². The molecule has 0 bridgehead atoms. The van der Waals surface area contributed by atoms with Crippen LogP contribution in [0.2, 0.25) is 0 Å². The molecular weight excluding hydrogens is 265 g/mol. The molecule has 0 saturated heterocycles. The number of benzene rings is 1. The molecule has 19 heavy (non-hydrogen) atoms. The summed E-state index contributed by atoms with van der Waals surface area (Å²) >= 11 is 0. The first-order valence-electron chi connectivity index (χ1n) is 6.52. The van der Waals surface area contributed by atoms with Gasteiger partial charge >= 0.3 is 0 Å². The van der Waals surface area contributed by atoms with Gasteiger partial charge in [-0.05, 0) is 37.9 Å². The van der Waals surface area contributed by atoms with Crippen LogP contribution in [0.1, 0.15) is 25.8 Å². The first-order chi connectivity index (χ1) is 8.86. The Hall–Kier alpha value is -0.940. The predicted molar refractivity (Wildman–Crippen MR) is 76.5 cm³/mol. The van der Waals surface area contributed by atoms with E-state index in [0.29, 0.717) is 12.0 Å². The van der Waals surface area contributed by atoms with Crippen molar-refractivity contribution in [2.24, 2.45) is 0 Å². The van der Waals surface area contributed by atoms with Crippen LogP contribution in [-0.4, -0.2) is 32.5 Å². The van der Waals surface area contributed by atoms with Crippen molar-refractivity contribution in [3.05, 3.63) is 35.6 Å². The monoisotopic (exact) mass is 287 g/mol. The summed E-state index contributed by atoms with van der Waals surface area (Å²) < 4.78 is 37.0. The van der Waals surface area contributed by atoms with Gasteiger partial charge in [-0.1, -0.05) is 25.1 Å². The van der Waals surface area contributed by atoms with Crippen LogP contribution in [0.3, 0.4) is 0 Å². The molecule has 2 unspecified atom stereocenters. The third-order valence-corrected chi connectivity index (χ3v) is 4.98. The van der Waals surface area contributed by atoms with Crippen LogP contribution in [0.15, 0.2) is 24.3 Å². The van der Waals surface area contributed by atoms with E-state index in [1.165, 1.54) is 12.3 Å². The molecule has 2 atom stereocenters. The molecule has 0 heterocycles. The molecule has 0 spiro atoms. The highest BCUT2D eigenvalue weighted by Gasteiger charge is 2.26. The van der Waals surface area contributed by atoms with Crippen LogP contribution in [-0.2, 0) is 16.3 Å². The topological polar surface area (TPSA) is 46.2 Å². The minimum atomic E-state index is -3.15. The molecule has 3 nitrogen and oxygen atoms in total. The van der Waals surface area contributed by atoms with Crippen molar-refractivity contribution < 1.29 is 12.8 Å². The van der Waals surface area contributed by atoms with Crippen molar-refractivity contribution >= 4 is 9.84 Å². The summed E-state index contributed by atoms with van der Waals surface area (Å²) in [5.74, 6) is -0.286. The largest absolute Gasteiger partial charge is 0.312 e. The maximum atomic E-state index is 13.7. The Balaban J connectivity index is 2.89. The number of nitrogens with one attached hydrogen (secondary N) is 1. The first-order valence-corrected chi connectivity index (χ1v) is 8.47. The van der Waals surface area contributed by atoms with Gasteiger partial charge in [0.05, 0.1) is 5.25 Å². The minimum Gasteiger partial charge on any atom is -0.312 e. The molecule has 0 amide bonds. The Labute approximate surface area is 115 Å². The predicted octanol–water partition coefficient (Wildman–Crippen LogP) is 2.17. The zero-order chi connectivity index (χ0) is 14.5. The lowest BCUT2D eigenvalue weighted by Gasteiger charge is -2.24. The van der Waals surface area contributed by atoms with E-state index < -0.39 is 15.1 Å². The van der Waals surface area contributed by atoms with Gasteiger partial charge in [-0.15, -0.1) is 0 Å². The highest BCUT2D eigenvalue weighted by Crippen LogP contribution is 2.14. The quantitative estimate of drug-likeness (QED) is 0.836. The van der Waals surface area contributed by atoms with Crippen LogP contribution in [0.25, 0.3) is 0 Å². The fraction of sp³-hybridized carbons (Fsp3) is 0.571. The lowest BCUT2D eigenvalue weighted by molar-refractivity contribution is 0.473. The number of hydrogen-bond acceptors (Lipinski definition) is 3. The normalized spacial score (nSPS) is 15.2. The van der Waals surface area contributed by atoms with Crippen molar-refractivity contribution in [1.29, 1.82) is 0 Å². The zero-order valence-electron chi connectivity index (χ0n) is 11.7. The third kappa shape index (κ3) is 4.91. The van der Waals surface area contributed by atoms with Crippen LogP contribution < -0.4 is 5.32 Å². The Kier molecular flexibility index (Phi) is 5.94. The second kappa shape index (κ2) is 7.01. The average Bonchev–Trinajstić information content (AvgIpc) is 2.34. The van der Waals surface area contributed by atoms with Crippen LogP contribution in [0.5, 0.6) is 0 Å². The maximum absolute atomic E-state index is 13.7. The van der Waals surface area contributed by atoms with E-state index >= 15 is 0 Å². The van der Waals surface area contributed by atoms with Crippen molar-refractivity contribution in [3.63, 3.8) is 0 Å². The van der Waals surface area contributed by atoms with Crippen molar-refractivity contribution in [3.8, 4) is 0 Å². The molecule has 0 aliphatic heterocycles. The van der Waals surface area contributed by atoms with Crippen LogP contribution >= 0.6 is 0 Å². The van der Waals surface area contributed by atoms with Gasteiger partial charge in [-0.25, -0.2) is 12.8 Å². The van der Waals surface area contributed by atoms with Gasteiger partial charge in [0, 0.05) is 12.3 Å². The summed E-state index contributed by atoms with van der Waals surface area (Å²) in [5.41, 5.74) is 0.548. The molecule has 1 N–H and O–H groups in total. The molecular formula is C14H22FNO2S. The number of sulfone groups is 1. The van der Waals surface area contributed by atoms with Crippen molar-refractivity contribution in [1.82, 2.24) is 5.32 Å².